The zero-order chi connectivity index (χ0) is 12.3. The van der Waals surface area contributed by atoms with Gasteiger partial charge in [0, 0.05) is 0 Å². The Kier molecular flexibility index (Phi) is 4.47. The van der Waals surface area contributed by atoms with Gasteiger partial charge >= 0.3 is 0 Å². The molecule has 3 atom stereocenters. The Balaban J connectivity index is 1.63. The van der Waals surface area contributed by atoms with Crippen molar-refractivity contribution < 1.29 is 8.42 Å². The summed E-state index contributed by atoms with van der Waals surface area (Å²) in [6, 6.07) is 0. The van der Waals surface area contributed by atoms with Crippen molar-refractivity contribution >= 4 is 9.84 Å². The highest BCUT2D eigenvalue weighted by Crippen LogP contribution is 2.28. The first kappa shape index (κ1) is 13.3. The Hall–Kier alpha value is -0.0900. The lowest BCUT2D eigenvalue weighted by atomic mass is 9.82. The molecule has 0 aromatic heterocycles. The van der Waals surface area contributed by atoms with E-state index in [4.69, 9.17) is 0 Å². The van der Waals surface area contributed by atoms with E-state index >= 15 is 0 Å². The van der Waals surface area contributed by atoms with Crippen LogP contribution in [0.3, 0.4) is 0 Å². The Bertz CT molecular complexity index is 339. The fourth-order valence-corrected chi connectivity index (χ4v) is 5.13. The maximum absolute atomic E-state index is 11.3. The second-order valence-electron chi connectivity index (χ2n) is 6.07. The van der Waals surface area contributed by atoms with Crippen LogP contribution in [-0.2, 0) is 9.84 Å². The third-order valence-corrected chi connectivity index (χ3v) is 6.07. The normalized spacial score (nSPS) is 37.1. The van der Waals surface area contributed by atoms with Crippen LogP contribution in [0.2, 0.25) is 0 Å². The van der Waals surface area contributed by atoms with Crippen molar-refractivity contribution in [3.05, 3.63) is 0 Å². The van der Waals surface area contributed by atoms with Crippen molar-refractivity contribution in [2.45, 2.75) is 39.0 Å². The third kappa shape index (κ3) is 4.25. The van der Waals surface area contributed by atoms with E-state index in [1.54, 1.807) is 0 Å². The van der Waals surface area contributed by atoms with Crippen molar-refractivity contribution in [2.75, 3.05) is 24.6 Å². The van der Waals surface area contributed by atoms with Crippen LogP contribution in [0.15, 0.2) is 0 Å². The lowest BCUT2D eigenvalue weighted by Gasteiger charge is -2.27. The van der Waals surface area contributed by atoms with Crippen LogP contribution < -0.4 is 5.32 Å². The highest BCUT2D eigenvalue weighted by atomic mass is 32.2. The quantitative estimate of drug-likeness (QED) is 0.838. The van der Waals surface area contributed by atoms with E-state index in [1.807, 2.05) is 0 Å². The van der Waals surface area contributed by atoms with E-state index in [2.05, 4.69) is 12.2 Å². The SMILES string of the molecule is CC1CCCC(CNCC2CCS(=O)(=O)C2)C1. The van der Waals surface area contributed by atoms with Crippen molar-refractivity contribution in [3.8, 4) is 0 Å². The van der Waals surface area contributed by atoms with Gasteiger partial charge in [0.2, 0.25) is 0 Å². The zero-order valence-corrected chi connectivity index (χ0v) is 11.6. The molecule has 1 heterocycles. The number of nitrogens with one attached hydrogen (secondary N) is 1. The van der Waals surface area contributed by atoms with Crippen LogP contribution >= 0.6 is 0 Å². The van der Waals surface area contributed by atoms with Gasteiger partial charge in [0.05, 0.1) is 11.5 Å². The number of sulfone groups is 1. The second-order valence-corrected chi connectivity index (χ2v) is 8.29. The van der Waals surface area contributed by atoms with Crippen molar-refractivity contribution in [2.24, 2.45) is 17.8 Å². The number of hydrogen-bond donors (Lipinski definition) is 1. The fourth-order valence-electron chi connectivity index (χ4n) is 3.27. The summed E-state index contributed by atoms with van der Waals surface area (Å²) in [5.74, 6) is 2.86. The minimum absolute atomic E-state index is 0.362. The summed E-state index contributed by atoms with van der Waals surface area (Å²) in [5, 5.41) is 3.49. The van der Waals surface area contributed by atoms with E-state index in [0.717, 1.165) is 31.3 Å². The summed E-state index contributed by atoms with van der Waals surface area (Å²) in [5.41, 5.74) is 0. The molecule has 1 saturated carbocycles. The molecular weight excluding hydrogens is 234 g/mol. The van der Waals surface area contributed by atoms with E-state index in [9.17, 15) is 8.42 Å². The molecule has 0 aromatic rings. The van der Waals surface area contributed by atoms with Gasteiger partial charge in [-0.15, -0.1) is 0 Å². The summed E-state index contributed by atoms with van der Waals surface area (Å²) >= 11 is 0. The second kappa shape index (κ2) is 5.70. The van der Waals surface area contributed by atoms with Gasteiger partial charge in [0.1, 0.15) is 0 Å². The van der Waals surface area contributed by atoms with Crippen molar-refractivity contribution in [1.29, 1.82) is 0 Å². The molecule has 100 valence electrons. The van der Waals surface area contributed by atoms with Crippen LogP contribution in [0.4, 0.5) is 0 Å². The molecule has 0 aromatic carbocycles. The molecule has 1 N–H and O–H groups in total. The van der Waals surface area contributed by atoms with Crippen molar-refractivity contribution in [1.82, 2.24) is 5.32 Å². The standard InChI is InChI=1S/C13H25NO2S/c1-11-3-2-4-12(7-11)8-14-9-13-5-6-17(15,16)10-13/h11-14H,2-10H2,1H3. The number of rotatable bonds is 4. The molecule has 4 heteroatoms. The molecule has 2 rings (SSSR count). The molecule has 2 aliphatic rings. The zero-order valence-electron chi connectivity index (χ0n) is 10.8. The predicted octanol–water partition coefficient (Wildman–Crippen LogP) is 1.84. The molecule has 3 unspecified atom stereocenters. The lowest BCUT2D eigenvalue weighted by molar-refractivity contribution is 0.271. The van der Waals surface area contributed by atoms with Gasteiger partial charge < -0.3 is 5.32 Å². The summed E-state index contributed by atoms with van der Waals surface area (Å²) in [4.78, 5) is 0. The average Bonchev–Trinajstić information content (AvgIpc) is 2.58. The fraction of sp³-hybridized carbons (Fsp3) is 1.00. The third-order valence-electron chi connectivity index (χ3n) is 4.24. The van der Waals surface area contributed by atoms with Crippen LogP contribution in [0.25, 0.3) is 0 Å². The average molecular weight is 259 g/mol. The minimum atomic E-state index is -2.70. The molecule has 0 amide bonds. The van der Waals surface area contributed by atoms with Gasteiger partial charge in [0.25, 0.3) is 0 Å². The highest BCUT2D eigenvalue weighted by Gasteiger charge is 2.27. The maximum atomic E-state index is 11.3. The molecule has 1 aliphatic carbocycles. The summed E-state index contributed by atoms with van der Waals surface area (Å²) < 4.78 is 22.6. The van der Waals surface area contributed by atoms with Gasteiger partial charge in [0.15, 0.2) is 9.84 Å². The van der Waals surface area contributed by atoms with Gasteiger partial charge in [-0.2, -0.15) is 0 Å². The topological polar surface area (TPSA) is 46.2 Å². The Morgan fingerprint density at radius 3 is 2.53 bits per heavy atom. The smallest absolute Gasteiger partial charge is 0.150 e. The minimum Gasteiger partial charge on any atom is -0.316 e. The first-order chi connectivity index (χ1) is 8.05. The van der Waals surface area contributed by atoms with Crippen LogP contribution in [0.5, 0.6) is 0 Å². The first-order valence-corrected chi connectivity index (χ1v) is 8.78. The van der Waals surface area contributed by atoms with E-state index in [0.29, 0.717) is 17.4 Å². The molecule has 3 nitrogen and oxygen atoms in total. The van der Waals surface area contributed by atoms with Gasteiger partial charge in [-0.25, -0.2) is 8.42 Å². The molecule has 1 aliphatic heterocycles. The van der Waals surface area contributed by atoms with Crippen LogP contribution in [-0.4, -0.2) is 33.0 Å². The largest absolute Gasteiger partial charge is 0.316 e. The summed E-state index contributed by atoms with van der Waals surface area (Å²) in [7, 11) is -2.70. The monoisotopic (exact) mass is 259 g/mol. The molecule has 0 spiro atoms. The highest BCUT2D eigenvalue weighted by molar-refractivity contribution is 7.91. The first-order valence-electron chi connectivity index (χ1n) is 6.96. The molecule has 0 radical (unpaired) electrons. The maximum Gasteiger partial charge on any atom is 0.150 e. The Morgan fingerprint density at radius 2 is 1.88 bits per heavy atom. The molecular formula is C13H25NO2S. The van der Waals surface area contributed by atoms with Crippen LogP contribution in [0.1, 0.15) is 39.0 Å². The van der Waals surface area contributed by atoms with Crippen LogP contribution in [0, 0.1) is 17.8 Å². The van der Waals surface area contributed by atoms with Crippen molar-refractivity contribution in [3.63, 3.8) is 0 Å². The molecule has 1 saturated heterocycles. The predicted molar refractivity (Wildman–Crippen MR) is 70.8 cm³/mol. The Morgan fingerprint density at radius 1 is 1.12 bits per heavy atom. The number of hydrogen-bond acceptors (Lipinski definition) is 3. The van der Waals surface area contributed by atoms with Gasteiger partial charge in [-0.05, 0) is 50.1 Å². The van der Waals surface area contributed by atoms with Gasteiger partial charge in [-0.3, -0.25) is 0 Å². The Labute approximate surface area is 105 Å². The lowest BCUT2D eigenvalue weighted by Crippen LogP contribution is -2.30. The summed E-state index contributed by atoms with van der Waals surface area (Å²) in [6.45, 7) is 4.32. The van der Waals surface area contributed by atoms with E-state index in [1.165, 1.54) is 25.7 Å². The molecule has 17 heavy (non-hydrogen) atoms. The van der Waals surface area contributed by atoms with E-state index < -0.39 is 9.84 Å². The summed E-state index contributed by atoms with van der Waals surface area (Å²) in [6.07, 6.45) is 6.30. The molecule has 0 bridgehead atoms. The molecule has 2 fully saturated rings. The van der Waals surface area contributed by atoms with E-state index in [-0.39, 0.29) is 0 Å². The van der Waals surface area contributed by atoms with Gasteiger partial charge in [-0.1, -0.05) is 19.8 Å².